The summed E-state index contributed by atoms with van der Waals surface area (Å²) in [5.41, 5.74) is 3.70. The first kappa shape index (κ1) is 22.4. The molecular weight excluding hydrogens is 541 g/mol. The number of rotatable bonds is 4. The lowest BCUT2D eigenvalue weighted by Crippen LogP contribution is -2.29. The van der Waals surface area contributed by atoms with Crippen LogP contribution >= 0.6 is 51.3 Å². The Morgan fingerprint density at radius 2 is 1.91 bits per heavy atom. The molecule has 1 saturated heterocycles. The summed E-state index contributed by atoms with van der Waals surface area (Å²) < 4.78 is 7.41. The van der Waals surface area contributed by atoms with Gasteiger partial charge in [0.15, 0.2) is 5.11 Å². The molecule has 0 amide bonds. The van der Waals surface area contributed by atoms with E-state index in [1.807, 2.05) is 54.6 Å². The molecule has 1 fully saturated rings. The number of furan rings is 1. The predicted octanol–water partition coefficient (Wildman–Crippen LogP) is 7.90. The lowest BCUT2D eigenvalue weighted by molar-refractivity contribution is 0.439. The maximum atomic E-state index is 6.45. The fourth-order valence-electron chi connectivity index (χ4n) is 4.05. The van der Waals surface area contributed by atoms with E-state index in [4.69, 9.17) is 39.8 Å². The third-order valence-electron chi connectivity index (χ3n) is 5.65. The number of halogens is 3. The van der Waals surface area contributed by atoms with Crippen LogP contribution in [0.1, 0.15) is 29.1 Å². The standard InChI is InChI=1S/C25H18BrCl2N3OS/c1-14-13-15(8-9-17(14)26)31-24(23(30-25(31)33)19-7-2-3-12-29-19)21-11-10-20(32-21)16-5-4-6-18(27)22(16)28/h2-13,23-24H,1H3,(H,30,33)/t23-,24-/m1/s1. The van der Waals surface area contributed by atoms with Crippen molar-refractivity contribution in [1.29, 1.82) is 0 Å². The van der Waals surface area contributed by atoms with E-state index in [1.54, 1.807) is 12.3 Å². The molecule has 2 atom stereocenters. The molecule has 8 heteroatoms. The number of aromatic nitrogens is 1. The minimum absolute atomic E-state index is 0.198. The summed E-state index contributed by atoms with van der Waals surface area (Å²) in [7, 11) is 0. The number of hydrogen-bond donors (Lipinski definition) is 1. The highest BCUT2D eigenvalue weighted by atomic mass is 79.9. The first-order chi connectivity index (χ1) is 15.9. The number of hydrogen-bond acceptors (Lipinski definition) is 3. The molecule has 0 bridgehead atoms. The van der Waals surface area contributed by atoms with Crippen LogP contribution in [0.2, 0.25) is 10.0 Å². The molecule has 166 valence electrons. The van der Waals surface area contributed by atoms with Crippen LogP contribution in [0.5, 0.6) is 0 Å². The van der Waals surface area contributed by atoms with Gasteiger partial charge < -0.3 is 14.6 Å². The highest BCUT2D eigenvalue weighted by Gasteiger charge is 2.42. The second-order valence-electron chi connectivity index (χ2n) is 7.73. The average Bonchev–Trinajstić information content (AvgIpc) is 3.43. The normalized spacial score (nSPS) is 17.9. The summed E-state index contributed by atoms with van der Waals surface area (Å²) in [6, 6.07) is 20.9. The van der Waals surface area contributed by atoms with Gasteiger partial charge in [0.2, 0.25) is 0 Å². The van der Waals surface area contributed by atoms with Crippen molar-refractivity contribution in [2.45, 2.75) is 19.0 Å². The van der Waals surface area contributed by atoms with Crippen LogP contribution in [0, 0.1) is 6.92 Å². The molecular formula is C25H18BrCl2N3OS. The third-order valence-corrected chi connectivity index (χ3v) is 7.68. The van der Waals surface area contributed by atoms with Crippen LogP contribution in [0.15, 0.2) is 81.8 Å². The largest absolute Gasteiger partial charge is 0.459 e. The number of thiocarbonyl (C=S) groups is 1. The number of aryl methyl sites for hydroxylation is 1. The summed E-state index contributed by atoms with van der Waals surface area (Å²) in [6.45, 7) is 2.05. The molecule has 1 N–H and O–H groups in total. The lowest BCUT2D eigenvalue weighted by atomic mass is 10.0. The second kappa shape index (κ2) is 9.11. The number of nitrogens with one attached hydrogen (secondary N) is 1. The highest BCUT2D eigenvalue weighted by Crippen LogP contribution is 2.44. The third kappa shape index (κ3) is 4.17. The SMILES string of the molecule is Cc1cc(N2C(=S)N[C@H](c3ccccn3)[C@H]2c2ccc(-c3cccc(Cl)c3Cl)o2)ccc1Br. The van der Waals surface area contributed by atoms with Crippen molar-refractivity contribution >= 4 is 62.1 Å². The van der Waals surface area contributed by atoms with Crippen molar-refractivity contribution in [3.8, 4) is 11.3 Å². The van der Waals surface area contributed by atoms with Gasteiger partial charge in [-0.05, 0) is 79.3 Å². The van der Waals surface area contributed by atoms with E-state index in [0.717, 1.165) is 32.7 Å². The zero-order valence-corrected chi connectivity index (χ0v) is 21.3. The van der Waals surface area contributed by atoms with E-state index in [2.05, 4.69) is 44.1 Å². The minimum atomic E-state index is -0.250. The van der Waals surface area contributed by atoms with Gasteiger partial charge in [0, 0.05) is 21.9 Å². The van der Waals surface area contributed by atoms with Gasteiger partial charge in [-0.15, -0.1) is 0 Å². The minimum Gasteiger partial charge on any atom is -0.459 e. The molecule has 2 aromatic carbocycles. The molecule has 1 aliphatic rings. The number of benzene rings is 2. The Balaban J connectivity index is 1.62. The van der Waals surface area contributed by atoms with Crippen LogP contribution in [0.4, 0.5) is 5.69 Å². The molecule has 0 spiro atoms. The summed E-state index contributed by atoms with van der Waals surface area (Å²) in [5.74, 6) is 1.38. The van der Waals surface area contributed by atoms with Gasteiger partial charge in [0.05, 0.1) is 21.8 Å². The van der Waals surface area contributed by atoms with E-state index in [1.165, 1.54) is 0 Å². The second-order valence-corrected chi connectivity index (χ2v) is 9.76. The van der Waals surface area contributed by atoms with Crippen molar-refractivity contribution in [2.24, 2.45) is 0 Å². The Kier molecular flexibility index (Phi) is 6.18. The quantitative estimate of drug-likeness (QED) is 0.258. The first-order valence-corrected chi connectivity index (χ1v) is 12.2. The molecule has 5 rings (SSSR count). The summed E-state index contributed by atoms with van der Waals surface area (Å²) in [6.07, 6.45) is 1.78. The van der Waals surface area contributed by atoms with E-state index in [0.29, 0.717) is 20.9 Å². The van der Waals surface area contributed by atoms with Crippen LogP contribution in [0.3, 0.4) is 0 Å². The van der Waals surface area contributed by atoms with Gasteiger partial charge in [-0.1, -0.05) is 51.3 Å². The van der Waals surface area contributed by atoms with Crippen molar-refractivity contribution < 1.29 is 4.42 Å². The maximum absolute atomic E-state index is 6.45. The molecule has 2 aromatic heterocycles. The Bertz CT molecular complexity index is 1340. The highest BCUT2D eigenvalue weighted by molar-refractivity contribution is 9.10. The van der Waals surface area contributed by atoms with Crippen molar-refractivity contribution in [2.75, 3.05) is 4.90 Å². The summed E-state index contributed by atoms with van der Waals surface area (Å²) in [5, 5.41) is 5.00. The topological polar surface area (TPSA) is 41.3 Å². The zero-order valence-electron chi connectivity index (χ0n) is 17.4. The fraction of sp³-hybridized carbons (Fsp3) is 0.120. The van der Waals surface area contributed by atoms with Crippen LogP contribution in [-0.4, -0.2) is 10.1 Å². The van der Waals surface area contributed by atoms with Crippen LogP contribution < -0.4 is 10.2 Å². The molecule has 33 heavy (non-hydrogen) atoms. The Labute approximate surface area is 215 Å². The first-order valence-electron chi connectivity index (χ1n) is 10.2. The Hall–Kier alpha value is -2.38. The van der Waals surface area contributed by atoms with Gasteiger partial charge in [-0.2, -0.15) is 0 Å². The lowest BCUT2D eigenvalue weighted by Gasteiger charge is -2.26. The maximum Gasteiger partial charge on any atom is 0.174 e. The average molecular weight is 559 g/mol. The molecule has 0 saturated carbocycles. The van der Waals surface area contributed by atoms with Gasteiger partial charge in [-0.25, -0.2) is 0 Å². The van der Waals surface area contributed by atoms with Gasteiger partial charge in [0.1, 0.15) is 17.6 Å². The van der Waals surface area contributed by atoms with Crippen molar-refractivity contribution in [3.05, 3.63) is 104 Å². The van der Waals surface area contributed by atoms with E-state index in [9.17, 15) is 0 Å². The number of pyridine rings is 1. The van der Waals surface area contributed by atoms with Crippen molar-refractivity contribution in [1.82, 2.24) is 10.3 Å². The number of nitrogens with zero attached hydrogens (tertiary/aromatic N) is 2. The fourth-order valence-corrected chi connectivity index (χ4v) is 5.04. The molecule has 3 heterocycles. The molecule has 4 aromatic rings. The predicted molar refractivity (Wildman–Crippen MR) is 141 cm³/mol. The smallest absolute Gasteiger partial charge is 0.174 e. The molecule has 4 nitrogen and oxygen atoms in total. The van der Waals surface area contributed by atoms with E-state index >= 15 is 0 Å². The monoisotopic (exact) mass is 557 g/mol. The van der Waals surface area contributed by atoms with Crippen molar-refractivity contribution in [3.63, 3.8) is 0 Å². The summed E-state index contributed by atoms with van der Waals surface area (Å²) in [4.78, 5) is 6.66. The van der Waals surface area contributed by atoms with Crippen LogP contribution in [0.25, 0.3) is 11.3 Å². The molecule has 0 aliphatic carbocycles. The Morgan fingerprint density at radius 1 is 1.06 bits per heavy atom. The summed E-state index contributed by atoms with van der Waals surface area (Å²) >= 11 is 22.1. The molecule has 0 radical (unpaired) electrons. The van der Waals surface area contributed by atoms with E-state index < -0.39 is 0 Å². The Morgan fingerprint density at radius 3 is 2.67 bits per heavy atom. The van der Waals surface area contributed by atoms with E-state index in [-0.39, 0.29) is 12.1 Å². The zero-order chi connectivity index (χ0) is 23.1. The van der Waals surface area contributed by atoms with Crippen LogP contribution in [-0.2, 0) is 0 Å². The van der Waals surface area contributed by atoms with Gasteiger partial charge in [0.25, 0.3) is 0 Å². The van der Waals surface area contributed by atoms with Gasteiger partial charge >= 0.3 is 0 Å². The molecule has 0 unspecified atom stereocenters. The molecule has 1 aliphatic heterocycles. The van der Waals surface area contributed by atoms with Gasteiger partial charge in [-0.3, -0.25) is 4.98 Å². The number of anilines is 1.